The van der Waals surface area contributed by atoms with Gasteiger partial charge in [0.25, 0.3) is 0 Å². The van der Waals surface area contributed by atoms with Gasteiger partial charge in [-0.2, -0.15) is 0 Å². The van der Waals surface area contributed by atoms with Crippen LogP contribution in [0.1, 0.15) is 41.0 Å². The normalized spacial score (nSPS) is 43.2. The van der Waals surface area contributed by atoms with Gasteiger partial charge in [0.2, 0.25) is 17.7 Å². The summed E-state index contributed by atoms with van der Waals surface area (Å²) in [6, 6.07) is -7.12. The summed E-state index contributed by atoms with van der Waals surface area (Å²) in [7, 11) is 0. The number of rotatable bonds is 15. The van der Waals surface area contributed by atoms with Crippen molar-refractivity contribution in [2.75, 3.05) is 19.8 Å². The van der Waals surface area contributed by atoms with Crippen LogP contribution in [0.25, 0.3) is 0 Å². The summed E-state index contributed by atoms with van der Waals surface area (Å²) in [5.41, 5.74) is 17.6. The van der Waals surface area contributed by atoms with Gasteiger partial charge in [-0.15, -0.1) is 0 Å². The molecule has 60 heavy (non-hydrogen) atoms. The van der Waals surface area contributed by atoms with E-state index in [0.29, 0.717) is 0 Å². The number of nitrogens with zero attached hydrogens (tertiary/aromatic N) is 1. The zero-order valence-corrected chi connectivity index (χ0v) is 33.7. The van der Waals surface area contributed by atoms with E-state index < -0.39 is 178 Å². The molecule has 26 heteroatoms. The van der Waals surface area contributed by atoms with Crippen molar-refractivity contribution in [3.63, 3.8) is 0 Å². The number of carbonyl (C=O) groups excluding carboxylic acids is 3. The van der Waals surface area contributed by atoms with Crippen molar-refractivity contribution >= 4 is 23.7 Å². The van der Waals surface area contributed by atoms with E-state index in [1.807, 2.05) is 0 Å². The third-order valence-corrected chi connectivity index (χ3v) is 10.7. The van der Waals surface area contributed by atoms with Crippen LogP contribution in [0.5, 0.6) is 0 Å². The average Bonchev–Trinajstić information content (AvgIpc) is 3.17. The highest BCUT2D eigenvalue weighted by Crippen LogP contribution is 2.38. The van der Waals surface area contributed by atoms with Crippen LogP contribution >= 0.6 is 0 Å². The first kappa shape index (κ1) is 49.7. The first-order valence-corrected chi connectivity index (χ1v) is 19.3. The number of ether oxygens (including phenoxy) is 7. The van der Waals surface area contributed by atoms with E-state index in [0.717, 1.165) is 20.8 Å². The lowest BCUT2D eigenvalue weighted by Crippen LogP contribution is -2.71. The standard InChI is InChI=1S/C34H61N7O19/c1-10(19(38-12(3)45)28-18(35)15(48)6-34(9-44,59-28)60-29-22(41-33(36)37)30(53)54-11(2)23(29)49)55-31-21(40-14(5)47)26(52)27(17(8-43)57-31)58-32-20(39-13(4)46)25(51)24(50)16(7-42)56-32/h10-11,15-32,42-44,48-53H,6-9,35H2,1-5H3,(H,38,45)(H,39,46)(H,40,47)(H4,36,37,41)/t10-,11+,15-,16-,17-,18+,19+,20-,21-,22+,23-,24-,25-,26-,27-,28+,29+,30?,31+,32+,34?/m1/s1. The smallest absolute Gasteiger partial charge is 0.217 e. The zero-order chi connectivity index (χ0) is 45.0. The number of aliphatic hydroxyl groups excluding tert-OH is 9. The van der Waals surface area contributed by atoms with Gasteiger partial charge in [-0.1, -0.05) is 0 Å². The van der Waals surface area contributed by atoms with Crippen LogP contribution in [-0.4, -0.2) is 218 Å². The Hall–Kier alpha value is -3.00. The summed E-state index contributed by atoms with van der Waals surface area (Å²) in [4.78, 5) is 41.1. The molecule has 3 amide bonds. The number of hydrogen-bond acceptors (Lipinski definition) is 21. The fraction of sp³-hybridized carbons (Fsp3) is 0.882. The Morgan fingerprint density at radius 1 is 0.817 bits per heavy atom. The maximum Gasteiger partial charge on any atom is 0.217 e. The number of aliphatic hydroxyl groups is 9. The summed E-state index contributed by atoms with van der Waals surface area (Å²) in [6.45, 7) is 3.56. The topological polar surface area (TPSA) is 424 Å². The second kappa shape index (κ2) is 20.9. The summed E-state index contributed by atoms with van der Waals surface area (Å²) in [6.07, 6.45) is -23.6. The van der Waals surface area contributed by atoms with Crippen LogP contribution in [0.4, 0.5) is 0 Å². The lowest BCUT2D eigenvalue weighted by Gasteiger charge is -2.51. The van der Waals surface area contributed by atoms with E-state index >= 15 is 0 Å². The number of aliphatic imine (C=N–C) groups is 1. The van der Waals surface area contributed by atoms with Crippen molar-refractivity contribution < 1.29 is 93.5 Å². The van der Waals surface area contributed by atoms with Crippen molar-refractivity contribution in [2.45, 2.75) is 169 Å². The van der Waals surface area contributed by atoms with E-state index in [-0.39, 0.29) is 0 Å². The lowest BCUT2D eigenvalue weighted by atomic mass is 9.87. The van der Waals surface area contributed by atoms with Gasteiger partial charge in [-0.05, 0) is 13.8 Å². The van der Waals surface area contributed by atoms with Crippen LogP contribution in [0.2, 0.25) is 0 Å². The van der Waals surface area contributed by atoms with Crippen molar-refractivity contribution in [1.82, 2.24) is 16.0 Å². The second-order valence-electron chi connectivity index (χ2n) is 15.4. The lowest BCUT2D eigenvalue weighted by molar-refractivity contribution is -0.362. The van der Waals surface area contributed by atoms with Crippen LogP contribution < -0.4 is 33.2 Å². The minimum absolute atomic E-state index is 0.503. The van der Waals surface area contributed by atoms with Gasteiger partial charge in [-0.25, -0.2) is 4.99 Å². The van der Waals surface area contributed by atoms with Gasteiger partial charge < -0.3 is 112 Å². The van der Waals surface area contributed by atoms with E-state index in [1.165, 1.54) is 13.8 Å². The molecular weight excluding hydrogens is 810 g/mol. The van der Waals surface area contributed by atoms with Crippen LogP contribution in [0.15, 0.2) is 4.99 Å². The summed E-state index contributed by atoms with van der Waals surface area (Å²) in [5, 5.41) is 104. The summed E-state index contributed by atoms with van der Waals surface area (Å²) < 4.78 is 41.5. The molecule has 18 N–H and O–H groups in total. The first-order chi connectivity index (χ1) is 28.1. The van der Waals surface area contributed by atoms with E-state index in [1.54, 1.807) is 0 Å². The van der Waals surface area contributed by atoms with Gasteiger partial charge >= 0.3 is 0 Å². The summed E-state index contributed by atoms with van der Waals surface area (Å²) >= 11 is 0. The Balaban J connectivity index is 1.64. The molecule has 21 atom stereocenters. The quantitative estimate of drug-likeness (QED) is 0.0536. The third-order valence-electron chi connectivity index (χ3n) is 10.7. The fourth-order valence-electron chi connectivity index (χ4n) is 7.76. The average molecular weight is 872 g/mol. The molecule has 4 aliphatic heterocycles. The van der Waals surface area contributed by atoms with Crippen LogP contribution in [0, 0.1) is 0 Å². The summed E-state index contributed by atoms with van der Waals surface area (Å²) in [5.74, 6) is -4.73. The molecule has 0 spiro atoms. The second-order valence-corrected chi connectivity index (χ2v) is 15.4. The van der Waals surface area contributed by atoms with E-state index in [9.17, 15) is 60.3 Å². The van der Waals surface area contributed by atoms with Crippen molar-refractivity contribution in [2.24, 2.45) is 22.2 Å². The SMILES string of the molecule is CC(=O)N[C@H]([C@H]1OC(CO)(O[C@@H]2[C@H](O)[C@H](C)OC(O)[C@H]2N=C(N)N)C[C@@H](O)[C@@H]1N)[C@@H](C)O[C@H]1O[C@H](CO)[C@@H](O[C@@H]2O[C@H](CO)[C@@H](O)[C@H](O)[C@H]2NC(C)=O)[C@H](O)[C@H]1NC(C)=O. The Morgan fingerprint density at radius 3 is 1.93 bits per heavy atom. The first-order valence-electron chi connectivity index (χ1n) is 19.3. The van der Waals surface area contributed by atoms with E-state index in [4.69, 9.17) is 50.4 Å². The molecule has 0 bridgehead atoms. The Labute approximate surface area is 344 Å². The van der Waals surface area contributed by atoms with Gasteiger partial charge in [0, 0.05) is 27.2 Å². The number of nitrogens with two attached hydrogens (primary N) is 3. The number of hydrogen-bond donors (Lipinski definition) is 15. The number of amides is 3. The minimum atomic E-state index is -2.20. The molecule has 0 radical (unpaired) electrons. The Kier molecular flexibility index (Phi) is 17.3. The molecule has 4 saturated heterocycles. The largest absolute Gasteiger partial charge is 0.394 e. The molecule has 0 aromatic rings. The minimum Gasteiger partial charge on any atom is -0.394 e. The molecule has 4 heterocycles. The predicted molar refractivity (Wildman–Crippen MR) is 198 cm³/mol. The van der Waals surface area contributed by atoms with Crippen LogP contribution in [0.3, 0.4) is 0 Å². The Bertz CT molecular complexity index is 1490. The fourth-order valence-corrected chi connectivity index (χ4v) is 7.76. The number of nitrogens with one attached hydrogen (secondary N) is 3. The molecular formula is C34H61N7O19. The van der Waals surface area contributed by atoms with Crippen molar-refractivity contribution in [1.29, 1.82) is 0 Å². The van der Waals surface area contributed by atoms with Crippen LogP contribution in [-0.2, 0) is 47.5 Å². The molecule has 26 nitrogen and oxygen atoms in total. The molecule has 4 aliphatic rings. The zero-order valence-electron chi connectivity index (χ0n) is 33.7. The molecule has 0 aromatic heterocycles. The van der Waals surface area contributed by atoms with Gasteiger partial charge in [0.1, 0.15) is 73.1 Å². The highest BCUT2D eigenvalue weighted by Gasteiger charge is 2.56. The third kappa shape index (κ3) is 11.3. The Morgan fingerprint density at radius 2 is 1.40 bits per heavy atom. The van der Waals surface area contributed by atoms with Crippen molar-refractivity contribution in [3.05, 3.63) is 0 Å². The van der Waals surface area contributed by atoms with Gasteiger partial charge in [0.05, 0.1) is 50.2 Å². The molecule has 346 valence electrons. The maximum atomic E-state index is 12.7. The molecule has 4 rings (SSSR count). The number of carbonyl (C=O) groups is 3. The highest BCUT2D eigenvalue weighted by molar-refractivity contribution is 5.76. The maximum absolute atomic E-state index is 12.7. The predicted octanol–water partition coefficient (Wildman–Crippen LogP) is -8.90. The van der Waals surface area contributed by atoms with Gasteiger partial charge in [0.15, 0.2) is 30.6 Å². The van der Waals surface area contributed by atoms with Gasteiger partial charge in [-0.3, -0.25) is 14.4 Å². The molecule has 0 saturated carbocycles. The molecule has 0 aromatic carbocycles. The van der Waals surface area contributed by atoms with Crippen molar-refractivity contribution in [3.8, 4) is 0 Å². The molecule has 0 aliphatic carbocycles. The van der Waals surface area contributed by atoms with E-state index in [2.05, 4.69) is 20.9 Å². The molecule has 4 fully saturated rings. The monoisotopic (exact) mass is 871 g/mol. The molecule has 2 unspecified atom stereocenters. The number of guanidine groups is 1. The highest BCUT2D eigenvalue weighted by atomic mass is 16.7.